The van der Waals surface area contributed by atoms with Crippen LogP contribution >= 0.6 is 0 Å². The van der Waals surface area contributed by atoms with Gasteiger partial charge in [-0.3, -0.25) is 9.59 Å². The first-order valence-electron chi connectivity index (χ1n) is 11.6. The zero-order valence-electron chi connectivity index (χ0n) is 19.0. The minimum absolute atomic E-state index is 0.00942. The first-order valence-corrected chi connectivity index (χ1v) is 11.6. The second kappa shape index (κ2) is 10.8. The summed E-state index contributed by atoms with van der Waals surface area (Å²) in [6, 6.07) is 14.2. The standard InChI is InChI=1S/C26H32N2O5/c1-32-23-10-6-5-9-20(23)15-28-22(16-33-17-24(28)29)25(30)18-11-13-21(14-12-18)27-26(31)19-7-3-2-4-8-19/h5-6,9-14,19,22,25,30H,2-4,7-8,15-17H2,1H3,(H,27,31). The van der Waals surface area contributed by atoms with Gasteiger partial charge in [0.2, 0.25) is 11.8 Å². The van der Waals surface area contributed by atoms with E-state index in [0.29, 0.717) is 23.5 Å². The minimum atomic E-state index is -0.924. The van der Waals surface area contributed by atoms with Crippen LogP contribution in [0.2, 0.25) is 0 Å². The highest BCUT2D eigenvalue weighted by Crippen LogP contribution is 2.29. The van der Waals surface area contributed by atoms with Gasteiger partial charge < -0.3 is 24.8 Å². The van der Waals surface area contributed by atoms with Crippen LogP contribution in [0.15, 0.2) is 48.5 Å². The topological polar surface area (TPSA) is 88.1 Å². The molecule has 1 aliphatic heterocycles. The average molecular weight is 453 g/mol. The monoisotopic (exact) mass is 452 g/mol. The van der Waals surface area contributed by atoms with E-state index in [9.17, 15) is 14.7 Å². The molecule has 2 fully saturated rings. The van der Waals surface area contributed by atoms with Crippen molar-refractivity contribution in [3.63, 3.8) is 0 Å². The number of morpholine rings is 1. The molecule has 1 saturated carbocycles. The molecule has 0 spiro atoms. The van der Waals surface area contributed by atoms with Gasteiger partial charge in [0.25, 0.3) is 0 Å². The number of aliphatic hydroxyl groups is 1. The molecule has 2 aromatic rings. The molecule has 2 unspecified atom stereocenters. The normalized spacial score (nSPS) is 20.4. The Kier molecular flexibility index (Phi) is 7.62. The number of nitrogens with one attached hydrogen (secondary N) is 1. The molecule has 2 aliphatic rings. The third kappa shape index (κ3) is 5.54. The van der Waals surface area contributed by atoms with Gasteiger partial charge in [0.15, 0.2) is 0 Å². The fourth-order valence-electron chi connectivity index (χ4n) is 4.70. The van der Waals surface area contributed by atoms with Crippen LogP contribution in [-0.2, 0) is 20.9 Å². The molecule has 2 atom stereocenters. The number of hydrogen-bond donors (Lipinski definition) is 2. The molecule has 0 radical (unpaired) electrons. The van der Waals surface area contributed by atoms with E-state index in [4.69, 9.17) is 9.47 Å². The predicted octanol–water partition coefficient (Wildman–Crippen LogP) is 3.68. The molecular weight excluding hydrogens is 420 g/mol. The van der Waals surface area contributed by atoms with Crippen molar-refractivity contribution in [3.8, 4) is 5.75 Å². The minimum Gasteiger partial charge on any atom is -0.496 e. The lowest BCUT2D eigenvalue weighted by molar-refractivity contribution is -0.155. The van der Waals surface area contributed by atoms with Crippen LogP contribution in [0.1, 0.15) is 49.3 Å². The van der Waals surface area contributed by atoms with Crippen molar-refractivity contribution in [3.05, 3.63) is 59.7 Å². The van der Waals surface area contributed by atoms with Crippen LogP contribution < -0.4 is 10.1 Å². The number of carbonyl (C=O) groups is 2. The van der Waals surface area contributed by atoms with E-state index in [1.165, 1.54) is 6.42 Å². The Balaban J connectivity index is 1.45. The summed E-state index contributed by atoms with van der Waals surface area (Å²) in [7, 11) is 1.60. The highest BCUT2D eigenvalue weighted by atomic mass is 16.5. The number of rotatable bonds is 7. The number of nitrogens with zero attached hydrogens (tertiary/aromatic N) is 1. The molecule has 33 heavy (non-hydrogen) atoms. The van der Waals surface area contributed by atoms with Crippen molar-refractivity contribution in [2.75, 3.05) is 25.6 Å². The summed E-state index contributed by atoms with van der Waals surface area (Å²) in [6.07, 6.45) is 4.39. The Morgan fingerprint density at radius 3 is 2.61 bits per heavy atom. The number of benzene rings is 2. The highest BCUT2D eigenvalue weighted by Gasteiger charge is 2.35. The molecule has 7 heteroatoms. The maximum atomic E-state index is 12.7. The van der Waals surface area contributed by atoms with E-state index in [-0.39, 0.29) is 30.9 Å². The van der Waals surface area contributed by atoms with Crippen LogP contribution in [0.5, 0.6) is 5.75 Å². The third-order valence-electron chi connectivity index (χ3n) is 6.63. The van der Waals surface area contributed by atoms with E-state index >= 15 is 0 Å². The van der Waals surface area contributed by atoms with Crippen molar-refractivity contribution in [1.29, 1.82) is 0 Å². The van der Waals surface area contributed by atoms with E-state index in [2.05, 4.69) is 5.32 Å². The maximum Gasteiger partial charge on any atom is 0.249 e. The van der Waals surface area contributed by atoms with Crippen molar-refractivity contribution >= 4 is 17.5 Å². The summed E-state index contributed by atoms with van der Waals surface area (Å²) in [5.74, 6) is 0.672. The second-order valence-corrected chi connectivity index (χ2v) is 8.81. The van der Waals surface area contributed by atoms with Gasteiger partial charge in [0.05, 0.1) is 19.8 Å². The number of carbonyl (C=O) groups excluding carboxylic acids is 2. The van der Waals surface area contributed by atoms with Crippen LogP contribution in [0, 0.1) is 5.92 Å². The fourth-order valence-corrected chi connectivity index (χ4v) is 4.70. The number of amides is 2. The zero-order chi connectivity index (χ0) is 23.2. The molecule has 4 rings (SSSR count). The summed E-state index contributed by atoms with van der Waals surface area (Å²) >= 11 is 0. The third-order valence-corrected chi connectivity index (χ3v) is 6.63. The molecule has 1 heterocycles. The number of para-hydroxylation sites is 1. The first kappa shape index (κ1) is 23.3. The van der Waals surface area contributed by atoms with Gasteiger partial charge in [0, 0.05) is 23.7 Å². The molecule has 2 amide bonds. The Labute approximate surface area is 194 Å². The molecule has 1 saturated heterocycles. The number of ether oxygens (including phenoxy) is 2. The summed E-state index contributed by atoms with van der Waals surface area (Å²) in [4.78, 5) is 26.8. The SMILES string of the molecule is COc1ccccc1CN1C(=O)COCC1C(O)c1ccc(NC(=O)C2CCCCC2)cc1. The maximum absolute atomic E-state index is 12.7. The second-order valence-electron chi connectivity index (χ2n) is 8.81. The zero-order valence-corrected chi connectivity index (χ0v) is 19.0. The summed E-state index contributed by atoms with van der Waals surface area (Å²) < 4.78 is 10.9. The average Bonchev–Trinajstić information content (AvgIpc) is 2.86. The predicted molar refractivity (Wildman–Crippen MR) is 125 cm³/mol. The van der Waals surface area contributed by atoms with Gasteiger partial charge >= 0.3 is 0 Å². The first-order chi connectivity index (χ1) is 16.1. The van der Waals surface area contributed by atoms with Crippen molar-refractivity contribution < 1.29 is 24.2 Å². The molecule has 2 N–H and O–H groups in total. The Bertz CT molecular complexity index is 955. The van der Waals surface area contributed by atoms with E-state index in [0.717, 1.165) is 31.2 Å². The summed E-state index contributed by atoms with van der Waals surface area (Å²) in [5, 5.41) is 14.1. The molecule has 1 aliphatic carbocycles. The van der Waals surface area contributed by atoms with E-state index in [1.54, 1.807) is 36.3 Å². The van der Waals surface area contributed by atoms with Crippen LogP contribution in [0.4, 0.5) is 5.69 Å². The lowest BCUT2D eigenvalue weighted by Crippen LogP contribution is -2.51. The molecule has 176 valence electrons. The van der Waals surface area contributed by atoms with Gasteiger partial charge in [-0.1, -0.05) is 49.6 Å². The largest absolute Gasteiger partial charge is 0.496 e. The van der Waals surface area contributed by atoms with Gasteiger partial charge in [-0.2, -0.15) is 0 Å². The number of hydrogen-bond acceptors (Lipinski definition) is 5. The van der Waals surface area contributed by atoms with Crippen molar-refractivity contribution in [2.45, 2.75) is 50.8 Å². The van der Waals surface area contributed by atoms with Crippen LogP contribution in [0.3, 0.4) is 0 Å². The number of aliphatic hydroxyl groups excluding tert-OH is 1. The van der Waals surface area contributed by atoms with Crippen LogP contribution in [0.25, 0.3) is 0 Å². The lowest BCUT2D eigenvalue weighted by Gasteiger charge is -2.38. The molecule has 2 aromatic carbocycles. The Morgan fingerprint density at radius 1 is 1.15 bits per heavy atom. The number of methoxy groups -OCH3 is 1. The van der Waals surface area contributed by atoms with Crippen molar-refractivity contribution in [2.24, 2.45) is 5.92 Å². The lowest BCUT2D eigenvalue weighted by atomic mass is 9.88. The quantitative estimate of drug-likeness (QED) is 0.669. The van der Waals surface area contributed by atoms with Gasteiger partial charge in [-0.15, -0.1) is 0 Å². The summed E-state index contributed by atoms with van der Waals surface area (Å²) in [5.41, 5.74) is 2.25. The van der Waals surface area contributed by atoms with Gasteiger partial charge in [0.1, 0.15) is 18.5 Å². The van der Waals surface area contributed by atoms with Gasteiger partial charge in [-0.25, -0.2) is 0 Å². The fraction of sp³-hybridized carbons (Fsp3) is 0.462. The van der Waals surface area contributed by atoms with Crippen LogP contribution in [-0.4, -0.2) is 48.2 Å². The molecule has 0 aromatic heterocycles. The summed E-state index contributed by atoms with van der Waals surface area (Å²) in [6.45, 7) is 0.552. The highest BCUT2D eigenvalue weighted by molar-refractivity contribution is 5.92. The molecule has 0 bridgehead atoms. The number of anilines is 1. The molecule has 7 nitrogen and oxygen atoms in total. The van der Waals surface area contributed by atoms with Crippen molar-refractivity contribution in [1.82, 2.24) is 4.90 Å². The Morgan fingerprint density at radius 2 is 1.88 bits per heavy atom. The Hall–Kier alpha value is -2.90. The van der Waals surface area contributed by atoms with E-state index in [1.807, 2.05) is 24.3 Å². The van der Waals surface area contributed by atoms with Gasteiger partial charge in [-0.05, 0) is 36.6 Å². The molecular formula is C26H32N2O5. The smallest absolute Gasteiger partial charge is 0.249 e. The van der Waals surface area contributed by atoms with E-state index < -0.39 is 12.1 Å².